The summed E-state index contributed by atoms with van der Waals surface area (Å²) in [6.07, 6.45) is 0.628. The Morgan fingerprint density at radius 2 is 1.89 bits per heavy atom. The summed E-state index contributed by atoms with van der Waals surface area (Å²) in [5.74, 6) is -0.576. The van der Waals surface area contributed by atoms with Crippen LogP contribution in [0.1, 0.15) is 20.8 Å². The highest BCUT2D eigenvalue weighted by Gasteiger charge is 2.33. The highest BCUT2D eigenvalue weighted by molar-refractivity contribution is 7.09. The second-order valence-electron chi connectivity index (χ2n) is 6.57. The van der Waals surface area contributed by atoms with Crippen molar-refractivity contribution in [1.29, 1.82) is 0 Å². The summed E-state index contributed by atoms with van der Waals surface area (Å²) in [6.45, 7) is 0.529. The van der Waals surface area contributed by atoms with E-state index in [9.17, 15) is 9.59 Å². The maximum absolute atomic E-state index is 12.8. The molecule has 2 heterocycles. The van der Waals surface area contributed by atoms with E-state index in [1.54, 1.807) is 28.9 Å². The van der Waals surface area contributed by atoms with Crippen molar-refractivity contribution >= 4 is 34.5 Å². The molecule has 28 heavy (non-hydrogen) atoms. The molecule has 0 aliphatic carbocycles. The minimum atomic E-state index is -0.551. The molecule has 2 aromatic carbocycles. The van der Waals surface area contributed by atoms with Crippen LogP contribution in [0.15, 0.2) is 66.0 Å². The molecule has 0 radical (unpaired) electrons. The second kappa shape index (κ2) is 7.84. The van der Waals surface area contributed by atoms with Crippen molar-refractivity contribution < 1.29 is 14.8 Å². The smallest absolute Gasteiger partial charge is 0.274 e. The first kappa shape index (κ1) is 18.2. The Kier molecular flexibility index (Phi) is 5.10. The maximum atomic E-state index is 12.8. The Morgan fingerprint density at radius 3 is 2.61 bits per heavy atom. The van der Waals surface area contributed by atoms with Crippen LogP contribution in [0.3, 0.4) is 0 Å². The van der Waals surface area contributed by atoms with Crippen LogP contribution < -0.4 is 15.7 Å². The van der Waals surface area contributed by atoms with E-state index in [1.165, 1.54) is 0 Å². The van der Waals surface area contributed by atoms with Crippen LogP contribution in [-0.4, -0.2) is 23.1 Å². The molecule has 0 saturated heterocycles. The van der Waals surface area contributed by atoms with Crippen molar-refractivity contribution in [3.63, 3.8) is 0 Å². The number of hydroxylamine groups is 1. The average Bonchev–Trinajstić information content (AvgIpc) is 3.23. The number of carbonyl (C=O) groups excluding carboxylic acids is 2. The lowest BCUT2D eigenvalue weighted by Gasteiger charge is -2.38. The van der Waals surface area contributed by atoms with Gasteiger partial charge in [0.05, 0.1) is 11.4 Å². The highest BCUT2D eigenvalue weighted by atomic mass is 32.1. The molecule has 2 amide bonds. The summed E-state index contributed by atoms with van der Waals surface area (Å²) in [7, 11) is 0. The molecule has 0 saturated carbocycles. The fraction of sp³-hybridized carbons (Fsp3) is 0.143. The zero-order valence-corrected chi connectivity index (χ0v) is 15.8. The number of hydrogen-bond donors (Lipinski definition) is 3. The van der Waals surface area contributed by atoms with Gasteiger partial charge in [-0.25, -0.2) is 5.48 Å². The average molecular weight is 393 g/mol. The van der Waals surface area contributed by atoms with Gasteiger partial charge in [-0.15, -0.1) is 11.3 Å². The first-order valence-corrected chi connectivity index (χ1v) is 9.76. The van der Waals surface area contributed by atoms with Gasteiger partial charge < -0.3 is 10.2 Å². The number of benzene rings is 2. The Morgan fingerprint density at radius 1 is 1.11 bits per heavy atom. The molecule has 7 heteroatoms. The van der Waals surface area contributed by atoms with E-state index < -0.39 is 5.91 Å². The largest absolute Gasteiger partial charge is 0.353 e. The van der Waals surface area contributed by atoms with E-state index in [-0.39, 0.29) is 11.9 Å². The van der Waals surface area contributed by atoms with Crippen molar-refractivity contribution in [2.24, 2.45) is 0 Å². The number of carbonyl (C=O) groups is 2. The van der Waals surface area contributed by atoms with Crippen LogP contribution in [-0.2, 0) is 17.8 Å². The maximum Gasteiger partial charge on any atom is 0.274 e. The van der Waals surface area contributed by atoms with E-state index in [2.05, 4.69) is 10.2 Å². The van der Waals surface area contributed by atoms with Crippen molar-refractivity contribution in [2.45, 2.75) is 19.0 Å². The fourth-order valence-electron chi connectivity index (χ4n) is 3.40. The van der Waals surface area contributed by atoms with Crippen molar-refractivity contribution in [3.8, 4) is 0 Å². The monoisotopic (exact) mass is 393 g/mol. The lowest BCUT2D eigenvalue weighted by atomic mass is 10.0. The lowest BCUT2D eigenvalue weighted by Crippen LogP contribution is -2.48. The zero-order chi connectivity index (χ0) is 19.5. The van der Waals surface area contributed by atoms with E-state index in [0.29, 0.717) is 18.5 Å². The summed E-state index contributed by atoms with van der Waals surface area (Å²) < 4.78 is 0. The van der Waals surface area contributed by atoms with Gasteiger partial charge in [0.2, 0.25) is 5.91 Å². The van der Waals surface area contributed by atoms with Crippen molar-refractivity contribution in [3.05, 3.63) is 82.0 Å². The van der Waals surface area contributed by atoms with Crippen LogP contribution >= 0.6 is 11.3 Å². The molecule has 1 aliphatic rings. The van der Waals surface area contributed by atoms with Gasteiger partial charge in [0, 0.05) is 23.4 Å². The number of nitrogens with one attached hydrogen (secondary N) is 2. The number of anilines is 2. The van der Waals surface area contributed by atoms with E-state index in [4.69, 9.17) is 5.21 Å². The molecular formula is C21H19N3O3S. The number of hydrogen-bond acceptors (Lipinski definition) is 5. The van der Waals surface area contributed by atoms with Gasteiger partial charge >= 0.3 is 0 Å². The van der Waals surface area contributed by atoms with E-state index in [0.717, 1.165) is 21.8 Å². The SMILES string of the molecule is O=C(NO)c1ccc(CN2c3ccccc3NC(=O)C2Cc2cccs2)cc1. The molecule has 0 bridgehead atoms. The van der Waals surface area contributed by atoms with Gasteiger partial charge in [0.25, 0.3) is 5.91 Å². The Bertz CT molecular complexity index is 986. The summed E-state index contributed by atoms with van der Waals surface area (Å²) in [5.41, 5.74) is 4.74. The van der Waals surface area contributed by atoms with Gasteiger partial charge in [-0.3, -0.25) is 14.8 Å². The second-order valence-corrected chi connectivity index (χ2v) is 7.60. The molecule has 3 aromatic rings. The normalized spacial score (nSPS) is 15.7. The molecule has 3 N–H and O–H groups in total. The van der Waals surface area contributed by atoms with E-state index in [1.807, 2.05) is 53.9 Å². The summed E-state index contributed by atoms with van der Waals surface area (Å²) in [5, 5.41) is 13.8. The first-order chi connectivity index (χ1) is 13.7. The molecule has 4 rings (SSSR count). The fourth-order valence-corrected chi connectivity index (χ4v) is 4.14. The first-order valence-electron chi connectivity index (χ1n) is 8.88. The summed E-state index contributed by atoms with van der Waals surface area (Å²) in [4.78, 5) is 27.6. The number of para-hydroxylation sites is 2. The molecule has 1 aromatic heterocycles. The molecule has 0 spiro atoms. The topological polar surface area (TPSA) is 81.7 Å². The number of amides is 2. The van der Waals surface area contributed by atoms with Crippen LogP contribution in [0.4, 0.5) is 11.4 Å². The predicted molar refractivity (Wildman–Crippen MR) is 109 cm³/mol. The van der Waals surface area contributed by atoms with Crippen LogP contribution in [0.25, 0.3) is 0 Å². The number of rotatable bonds is 5. The molecular weight excluding hydrogens is 374 g/mol. The molecule has 1 aliphatic heterocycles. The van der Waals surface area contributed by atoms with Gasteiger partial charge in [0.15, 0.2) is 0 Å². The van der Waals surface area contributed by atoms with Crippen LogP contribution in [0.2, 0.25) is 0 Å². The number of fused-ring (bicyclic) bond motifs is 1. The third-order valence-corrected chi connectivity index (χ3v) is 5.69. The number of nitrogens with zero attached hydrogens (tertiary/aromatic N) is 1. The van der Waals surface area contributed by atoms with Crippen LogP contribution in [0.5, 0.6) is 0 Å². The summed E-state index contributed by atoms with van der Waals surface area (Å²) >= 11 is 1.64. The number of thiophene rings is 1. The van der Waals surface area contributed by atoms with Crippen LogP contribution in [0, 0.1) is 0 Å². The molecule has 1 atom stereocenters. The zero-order valence-electron chi connectivity index (χ0n) is 15.0. The third kappa shape index (κ3) is 3.62. The highest BCUT2D eigenvalue weighted by Crippen LogP contribution is 2.34. The predicted octanol–water partition coefficient (Wildman–Crippen LogP) is 3.44. The lowest BCUT2D eigenvalue weighted by molar-refractivity contribution is -0.117. The standard InChI is InChI=1S/C21H19N3O3S/c25-20(23-27)15-9-7-14(8-10-15)13-24-18-6-2-1-5-17(18)22-21(26)19(24)12-16-4-3-11-28-16/h1-11,19,27H,12-13H2,(H,22,26)(H,23,25). The van der Waals surface area contributed by atoms with Crippen molar-refractivity contribution in [1.82, 2.24) is 5.48 Å². The molecule has 0 fully saturated rings. The molecule has 6 nitrogen and oxygen atoms in total. The Hall–Kier alpha value is -3.16. The van der Waals surface area contributed by atoms with Gasteiger partial charge in [-0.05, 0) is 41.3 Å². The van der Waals surface area contributed by atoms with Crippen molar-refractivity contribution in [2.75, 3.05) is 10.2 Å². The minimum absolute atomic E-state index is 0.0246. The van der Waals surface area contributed by atoms with E-state index >= 15 is 0 Å². The van der Waals surface area contributed by atoms with Gasteiger partial charge in [-0.2, -0.15) is 0 Å². The van der Waals surface area contributed by atoms with Gasteiger partial charge in [0.1, 0.15) is 6.04 Å². The summed E-state index contributed by atoms with van der Waals surface area (Å²) in [6, 6.07) is 18.5. The molecule has 142 valence electrons. The van der Waals surface area contributed by atoms with Gasteiger partial charge in [-0.1, -0.05) is 30.3 Å². The Balaban J connectivity index is 1.65. The third-order valence-electron chi connectivity index (χ3n) is 4.80. The minimum Gasteiger partial charge on any atom is -0.353 e. The molecule has 1 unspecified atom stereocenters. The Labute approximate surface area is 166 Å². The quantitative estimate of drug-likeness (QED) is 0.458.